The van der Waals surface area contributed by atoms with E-state index in [0.29, 0.717) is 22.3 Å². The van der Waals surface area contributed by atoms with Crippen LogP contribution in [0.1, 0.15) is 33.4 Å². The first-order chi connectivity index (χ1) is 16.4. The number of rotatable bonds is 2. The predicted molar refractivity (Wildman–Crippen MR) is 117 cm³/mol. The average Bonchev–Trinajstić information content (AvgIpc) is 3.09. The Kier molecular flexibility index (Phi) is 4.91. The van der Waals surface area contributed by atoms with Crippen LogP contribution in [-0.2, 0) is 17.8 Å². The third kappa shape index (κ3) is 3.51. The predicted octanol–water partition coefficient (Wildman–Crippen LogP) is 7.50. The summed E-state index contributed by atoms with van der Waals surface area (Å²) < 4.78 is 81.6. The van der Waals surface area contributed by atoms with Gasteiger partial charge in [-0.25, -0.2) is 0 Å². The van der Waals surface area contributed by atoms with E-state index in [1.165, 1.54) is 36.4 Å². The zero-order valence-electron chi connectivity index (χ0n) is 17.7. The molecule has 0 amide bonds. The van der Waals surface area contributed by atoms with Gasteiger partial charge >= 0.3 is 12.4 Å². The van der Waals surface area contributed by atoms with E-state index < -0.39 is 28.9 Å². The number of phenolic OH excluding ortho intramolecular Hbond substituents is 2. The van der Waals surface area contributed by atoms with Crippen molar-refractivity contribution in [3.05, 3.63) is 118 Å². The second-order valence-electron chi connectivity index (χ2n) is 8.36. The lowest BCUT2D eigenvalue weighted by Gasteiger charge is -2.34. The minimum absolute atomic E-state index is 0.0297. The molecule has 0 bridgehead atoms. The molecule has 178 valence electrons. The summed E-state index contributed by atoms with van der Waals surface area (Å²) in [7, 11) is 0. The smallest absolute Gasteiger partial charge is 0.416 e. The quantitative estimate of drug-likeness (QED) is 0.254. The summed E-state index contributed by atoms with van der Waals surface area (Å²) in [6.45, 7) is 0. The van der Waals surface area contributed by atoms with Crippen molar-refractivity contribution in [2.24, 2.45) is 0 Å². The van der Waals surface area contributed by atoms with Crippen molar-refractivity contribution in [3.8, 4) is 22.6 Å². The van der Waals surface area contributed by atoms with E-state index in [4.69, 9.17) is 0 Å². The fraction of sp³-hybridized carbons (Fsp3) is 0.111. The van der Waals surface area contributed by atoms with Gasteiger partial charge in [0.05, 0.1) is 16.5 Å². The van der Waals surface area contributed by atoms with Gasteiger partial charge in [0.1, 0.15) is 11.5 Å². The molecule has 4 aromatic carbocycles. The first-order valence-corrected chi connectivity index (χ1v) is 10.4. The van der Waals surface area contributed by atoms with Gasteiger partial charge in [-0.15, -0.1) is 0 Å². The molecule has 0 spiro atoms. The van der Waals surface area contributed by atoms with Gasteiger partial charge < -0.3 is 10.2 Å². The molecule has 1 aliphatic carbocycles. The maximum Gasteiger partial charge on any atom is 0.416 e. The molecule has 0 atom stereocenters. The van der Waals surface area contributed by atoms with Crippen molar-refractivity contribution in [1.82, 2.24) is 0 Å². The molecule has 0 aliphatic heterocycles. The molecule has 4 aromatic rings. The van der Waals surface area contributed by atoms with Gasteiger partial charge in [0.2, 0.25) is 0 Å². The maximum absolute atomic E-state index is 13.6. The fourth-order valence-electron chi connectivity index (χ4n) is 4.90. The summed E-state index contributed by atoms with van der Waals surface area (Å²) in [6.07, 6.45) is -9.39. The van der Waals surface area contributed by atoms with Crippen LogP contribution in [0.2, 0.25) is 0 Å². The molecule has 5 rings (SSSR count). The van der Waals surface area contributed by atoms with Crippen molar-refractivity contribution >= 4 is 0 Å². The summed E-state index contributed by atoms with van der Waals surface area (Å²) in [5.41, 5.74) is -1.42. The molecule has 2 nitrogen and oxygen atoms in total. The van der Waals surface area contributed by atoms with Crippen LogP contribution in [-0.4, -0.2) is 10.2 Å². The van der Waals surface area contributed by atoms with Gasteiger partial charge in [-0.2, -0.15) is 26.3 Å². The average molecular weight is 486 g/mol. The Labute approximate surface area is 195 Å². The van der Waals surface area contributed by atoms with E-state index in [1.54, 1.807) is 24.3 Å². The van der Waals surface area contributed by atoms with Gasteiger partial charge in [0.25, 0.3) is 0 Å². The lowest BCUT2D eigenvalue weighted by atomic mass is 9.67. The number of hydrogen-bond acceptors (Lipinski definition) is 2. The van der Waals surface area contributed by atoms with Crippen LogP contribution in [0.25, 0.3) is 11.1 Å². The highest BCUT2D eigenvalue weighted by Crippen LogP contribution is 2.57. The Bertz CT molecular complexity index is 1310. The van der Waals surface area contributed by atoms with Gasteiger partial charge in [0, 0.05) is 0 Å². The molecular weight excluding hydrogens is 470 g/mol. The van der Waals surface area contributed by atoms with Crippen LogP contribution in [0.4, 0.5) is 26.3 Å². The number of benzene rings is 4. The third-order valence-corrected chi connectivity index (χ3v) is 6.39. The molecule has 2 N–H and O–H groups in total. The zero-order valence-corrected chi connectivity index (χ0v) is 17.7. The monoisotopic (exact) mass is 486 g/mol. The Morgan fingerprint density at radius 3 is 1.14 bits per heavy atom. The van der Waals surface area contributed by atoms with Crippen LogP contribution < -0.4 is 0 Å². The first kappa shape index (κ1) is 22.8. The molecule has 35 heavy (non-hydrogen) atoms. The first-order valence-electron chi connectivity index (χ1n) is 10.4. The van der Waals surface area contributed by atoms with Crippen LogP contribution >= 0.6 is 0 Å². The highest BCUT2D eigenvalue weighted by atomic mass is 19.4. The Balaban J connectivity index is 1.93. The highest BCUT2D eigenvalue weighted by Gasteiger charge is 2.48. The highest BCUT2D eigenvalue weighted by molar-refractivity contribution is 5.87. The molecule has 0 fully saturated rings. The Hall–Kier alpha value is -3.94. The van der Waals surface area contributed by atoms with Crippen molar-refractivity contribution in [2.75, 3.05) is 0 Å². The van der Waals surface area contributed by atoms with Crippen LogP contribution in [0, 0.1) is 0 Å². The second kappa shape index (κ2) is 7.53. The van der Waals surface area contributed by atoms with E-state index in [2.05, 4.69) is 0 Å². The van der Waals surface area contributed by atoms with Gasteiger partial charge in [-0.3, -0.25) is 0 Å². The standard InChI is InChI=1S/C27H16F6O2/c28-26(29,30)17-5-11-23-21(13-17)22-14-18(27(31,32)33)6-12-24(22)25(23,15-1-7-19(34)8-2-15)16-3-9-20(35)10-4-16/h1-14,34-35H. The molecule has 0 radical (unpaired) electrons. The summed E-state index contributed by atoms with van der Waals surface area (Å²) in [4.78, 5) is 0. The summed E-state index contributed by atoms with van der Waals surface area (Å²) in [5.74, 6) is -0.0965. The van der Waals surface area contributed by atoms with E-state index in [9.17, 15) is 36.6 Å². The second-order valence-corrected chi connectivity index (χ2v) is 8.36. The van der Waals surface area contributed by atoms with Crippen molar-refractivity contribution < 1.29 is 36.6 Å². The van der Waals surface area contributed by atoms with Gasteiger partial charge in [0.15, 0.2) is 0 Å². The topological polar surface area (TPSA) is 40.5 Å². The summed E-state index contributed by atoms with van der Waals surface area (Å²) in [5, 5.41) is 19.7. The van der Waals surface area contributed by atoms with E-state index in [0.717, 1.165) is 24.3 Å². The number of fused-ring (bicyclic) bond motifs is 3. The van der Waals surface area contributed by atoms with Crippen LogP contribution in [0.15, 0.2) is 84.9 Å². The maximum atomic E-state index is 13.6. The minimum atomic E-state index is -4.70. The van der Waals surface area contributed by atoms with Gasteiger partial charge in [-0.05, 0) is 81.9 Å². The SMILES string of the molecule is Oc1ccc(C2(c3ccc(O)cc3)c3ccc(C(F)(F)F)cc3-c3cc(C(F)(F)F)ccc32)cc1. The Morgan fingerprint density at radius 1 is 0.486 bits per heavy atom. The lowest BCUT2D eigenvalue weighted by molar-refractivity contribution is -0.138. The normalized spacial score (nSPS) is 14.5. The van der Waals surface area contributed by atoms with E-state index in [1.807, 2.05) is 0 Å². The van der Waals surface area contributed by atoms with Crippen molar-refractivity contribution in [3.63, 3.8) is 0 Å². The molecule has 0 heterocycles. The largest absolute Gasteiger partial charge is 0.508 e. The fourth-order valence-corrected chi connectivity index (χ4v) is 4.90. The number of alkyl halides is 6. The number of aromatic hydroxyl groups is 2. The number of halogens is 6. The molecule has 0 aromatic heterocycles. The molecule has 1 aliphatic rings. The molecule has 0 unspecified atom stereocenters. The zero-order chi connectivity index (χ0) is 25.2. The molecule has 0 saturated carbocycles. The summed E-state index contributed by atoms with van der Waals surface area (Å²) >= 11 is 0. The lowest BCUT2D eigenvalue weighted by Crippen LogP contribution is -2.28. The Morgan fingerprint density at radius 2 is 0.829 bits per heavy atom. The van der Waals surface area contributed by atoms with Crippen molar-refractivity contribution in [1.29, 1.82) is 0 Å². The van der Waals surface area contributed by atoms with E-state index in [-0.39, 0.29) is 22.6 Å². The molecule has 0 saturated heterocycles. The number of hydrogen-bond donors (Lipinski definition) is 2. The number of phenols is 2. The summed E-state index contributed by atoms with van der Waals surface area (Å²) in [6, 6.07) is 18.1. The van der Waals surface area contributed by atoms with Crippen molar-refractivity contribution in [2.45, 2.75) is 17.8 Å². The van der Waals surface area contributed by atoms with Gasteiger partial charge in [-0.1, -0.05) is 36.4 Å². The minimum Gasteiger partial charge on any atom is -0.508 e. The van der Waals surface area contributed by atoms with E-state index >= 15 is 0 Å². The van der Waals surface area contributed by atoms with Crippen LogP contribution in [0.3, 0.4) is 0 Å². The molecular formula is C27H16F6O2. The van der Waals surface area contributed by atoms with Crippen LogP contribution in [0.5, 0.6) is 11.5 Å². The molecule has 8 heteroatoms. The third-order valence-electron chi connectivity index (χ3n) is 6.39.